The number of ketones is 1. The Bertz CT molecular complexity index is 1440. The Labute approximate surface area is 275 Å². The van der Waals surface area contributed by atoms with Crippen LogP contribution in [0.1, 0.15) is 96.1 Å². The zero-order chi connectivity index (χ0) is 34.4. The Morgan fingerprint density at radius 2 is 1.79 bits per heavy atom. The molecule has 0 spiro atoms. The van der Waals surface area contributed by atoms with Gasteiger partial charge in [0.1, 0.15) is 29.7 Å². The molecule has 47 heavy (non-hydrogen) atoms. The summed E-state index contributed by atoms with van der Waals surface area (Å²) < 4.78 is 48.8. The van der Waals surface area contributed by atoms with E-state index in [1.807, 2.05) is 20.8 Å². The Morgan fingerprint density at radius 1 is 1.11 bits per heavy atom. The Morgan fingerprint density at radius 3 is 2.40 bits per heavy atom. The monoisotopic (exact) mass is 658 g/mol. The number of carbonyl (C=O) groups excluding carboxylic acids is 3. The van der Waals surface area contributed by atoms with E-state index >= 15 is 8.78 Å². The third kappa shape index (κ3) is 6.88. The number of aryl methyl sites for hydroxylation is 1. The van der Waals surface area contributed by atoms with Crippen LogP contribution in [0.4, 0.5) is 13.6 Å². The number of fused-ring (bicyclic) bond motifs is 6. The number of nitrogens with one attached hydrogen (secondary N) is 1. The lowest BCUT2D eigenvalue weighted by Crippen LogP contribution is -2.57. The summed E-state index contributed by atoms with van der Waals surface area (Å²) in [6.45, 7) is 14.1. The summed E-state index contributed by atoms with van der Waals surface area (Å²) >= 11 is 0. The van der Waals surface area contributed by atoms with Crippen LogP contribution in [0.25, 0.3) is 6.08 Å². The first-order valence-electron chi connectivity index (χ1n) is 16.7. The number of hydrogen-bond acceptors (Lipinski definition) is 8. The van der Waals surface area contributed by atoms with Crippen LogP contribution < -0.4 is 10.1 Å². The van der Waals surface area contributed by atoms with Gasteiger partial charge in [-0.3, -0.25) is 9.59 Å². The van der Waals surface area contributed by atoms with Gasteiger partial charge in [-0.05, 0) is 63.4 Å². The number of rotatable bonds is 4. The number of aromatic nitrogens is 2. The molecule has 4 aliphatic rings. The van der Waals surface area contributed by atoms with Gasteiger partial charge in [0.15, 0.2) is 5.78 Å². The van der Waals surface area contributed by atoms with Crippen LogP contribution in [0.2, 0.25) is 0 Å². The fourth-order valence-electron chi connectivity index (χ4n) is 7.67. The van der Waals surface area contributed by atoms with Crippen molar-refractivity contribution in [1.82, 2.24) is 20.2 Å². The molecule has 2 saturated carbocycles. The molecule has 0 aromatic carbocycles. The number of carbonyl (C=O) groups is 3. The number of methoxy groups -OCH3 is 1. The van der Waals surface area contributed by atoms with Crippen LogP contribution in [0.3, 0.4) is 0 Å². The molecule has 3 heterocycles. The van der Waals surface area contributed by atoms with E-state index in [-0.39, 0.29) is 42.3 Å². The highest BCUT2D eigenvalue weighted by Gasteiger charge is 2.70. The zero-order valence-corrected chi connectivity index (χ0v) is 28.5. The fraction of sp³-hybridized carbons (Fsp3) is 0.686. The van der Waals surface area contributed by atoms with Crippen LogP contribution in [0.5, 0.6) is 5.88 Å². The maximum atomic E-state index is 15.6. The van der Waals surface area contributed by atoms with Gasteiger partial charge >= 0.3 is 6.09 Å². The van der Waals surface area contributed by atoms with Crippen LogP contribution in [0.15, 0.2) is 18.4 Å². The second kappa shape index (κ2) is 13.1. The Kier molecular flexibility index (Phi) is 9.72. The maximum Gasteiger partial charge on any atom is 0.408 e. The summed E-state index contributed by atoms with van der Waals surface area (Å²) in [6.07, 6.45) is 5.14. The van der Waals surface area contributed by atoms with Crippen molar-refractivity contribution in [3.05, 3.63) is 35.5 Å². The van der Waals surface area contributed by atoms with Gasteiger partial charge in [-0.15, -0.1) is 0 Å². The molecule has 12 heteroatoms. The van der Waals surface area contributed by atoms with E-state index in [1.165, 1.54) is 25.0 Å². The normalized spacial score (nSPS) is 32.8. The predicted molar refractivity (Wildman–Crippen MR) is 171 cm³/mol. The van der Waals surface area contributed by atoms with Gasteiger partial charge in [0.25, 0.3) is 5.92 Å². The summed E-state index contributed by atoms with van der Waals surface area (Å²) in [5.41, 5.74) is 0.155. The molecule has 8 atom stereocenters. The van der Waals surface area contributed by atoms with Crippen molar-refractivity contribution in [2.24, 2.45) is 23.2 Å². The van der Waals surface area contributed by atoms with Gasteiger partial charge in [-0.2, -0.15) is 0 Å². The minimum atomic E-state index is -3.01. The number of alkyl carbamates (subject to hydrolysis) is 1. The van der Waals surface area contributed by atoms with E-state index in [4.69, 9.17) is 14.2 Å². The van der Waals surface area contributed by atoms with Crippen LogP contribution in [0, 0.1) is 30.1 Å². The SMILES string of the molecule is C=C/C(=C\c1nc2c(nc1C)C1C(CCC[C@@H]3CCC[C@H]3OC(=O)N[C@@H](C(C)(C)C)C(=O)N3C[C@H](O2)[C@@H](C)[C@H]3C(C)=O)C1(F)F)OC. The quantitative estimate of drug-likeness (QED) is 0.310. The average Bonchev–Trinajstić information content (AvgIpc) is 3.26. The molecule has 1 aromatic rings. The van der Waals surface area contributed by atoms with E-state index in [2.05, 4.69) is 21.9 Å². The third-order valence-electron chi connectivity index (χ3n) is 10.4. The molecule has 0 radical (unpaired) electrons. The Balaban J connectivity index is 1.59. The summed E-state index contributed by atoms with van der Waals surface area (Å²) in [7, 11) is 1.48. The number of ether oxygens (including phenoxy) is 3. The number of amides is 2. The van der Waals surface area contributed by atoms with Crippen molar-refractivity contribution >= 4 is 23.9 Å². The van der Waals surface area contributed by atoms with Crippen LogP contribution >= 0.6 is 0 Å². The van der Waals surface area contributed by atoms with Crippen LogP contribution in [-0.4, -0.2) is 76.5 Å². The highest BCUT2D eigenvalue weighted by atomic mass is 19.3. The summed E-state index contributed by atoms with van der Waals surface area (Å²) in [4.78, 5) is 51.3. The smallest absolute Gasteiger partial charge is 0.408 e. The molecular weight excluding hydrogens is 610 g/mol. The average molecular weight is 659 g/mol. The van der Waals surface area contributed by atoms with Crippen molar-refractivity contribution in [2.45, 2.75) is 116 Å². The molecule has 258 valence electrons. The summed E-state index contributed by atoms with van der Waals surface area (Å²) in [5.74, 6) is -5.95. The number of allylic oxidation sites excluding steroid dienone is 1. The van der Waals surface area contributed by atoms with Crippen LogP contribution in [-0.2, 0) is 19.1 Å². The summed E-state index contributed by atoms with van der Waals surface area (Å²) in [6, 6.07) is -1.86. The molecule has 10 nitrogen and oxygen atoms in total. The number of halogens is 2. The lowest BCUT2D eigenvalue weighted by Gasteiger charge is -2.35. The van der Waals surface area contributed by atoms with E-state index in [0.29, 0.717) is 36.4 Å². The zero-order valence-electron chi connectivity index (χ0n) is 28.5. The maximum absolute atomic E-state index is 15.6. The fourth-order valence-corrected chi connectivity index (χ4v) is 7.67. The lowest BCUT2D eigenvalue weighted by molar-refractivity contribution is -0.141. The standard InChI is InChI=1S/C35H48F2N4O6/c1-9-22(45-8)16-24-19(3)38-28-27-23(35(27,36)37)14-10-12-21-13-11-15-25(21)47-33(44)40-30(34(5,6)7)32(43)41-17-26(46-31(28)39-24)18(2)29(41)20(4)42/h9,16,18,21,23,25-27,29-30H,1,10-15,17H2,2-8H3,(H,40,44)/b22-16+/t18-,21-,23?,25-,26+,27?,29+,30-/m1/s1. The van der Waals surface area contributed by atoms with Gasteiger partial charge in [-0.25, -0.2) is 23.5 Å². The van der Waals surface area contributed by atoms with Gasteiger partial charge < -0.3 is 24.4 Å². The Hall–Kier alpha value is -3.57. The second-order valence-corrected chi connectivity index (χ2v) is 14.7. The predicted octanol–water partition coefficient (Wildman–Crippen LogP) is 5.98. The summed E-state index contributed by atoms with van der Waals surface area (Å²) in [5, 5.41) is 2.81. The largest absolute Gasteiger partial charge is 0.497 e. The van der Waals surface area contributed by atoms with Gasteiger partial charge in [0.2, 0.25) is 11.8 Å². The van der Waals surface area contributed by atoms with Gasteiger partial charge in [-0.1, -0.05) is 40.7 Å². The topological polar surface area (TPSA) is 120 Å². The molecule has 1 saturated heterocycles. The number of nitrogens with zero attached hydrogens (tertiary/aromatic N) is 3. The van der Waals surface area contributed by atoms with Gasteiger partial charge in [0, 0.05) is 17.9 Å². The van der Waals surface area contributed by atoms with E-state index in [1.54, 1.807) is 19.9 Å². The minimum Gasteiger partial charge on any atom is -0.497 e. The van der Waals surface area contributed by atoms with Crippen molar-refractivity contribution in [3.63, 3.8) is 0 Å². The lowest BCUT2D eigenvalue weighted by atomic mass is 9.85. The highest BCUT2D eigenvalue weighted by molar-refractivity contribution is 5.92. The number of hydrogen-bond donors (Lipinski definition) is 1. The van der Waals surface area contributed by atoms with E-state index in [9.17, 15) is 14.4 Å². The molecule has 2 aliphatic heterocycles. The second-order valence-electron chi connectivity index (χ2n) is 14.7. The highest BCUT2D eigenvalue weighted by Crippen LogP contribution is 2.64. The number of Topliss-reactive ketones (excluding diaryl/α,β-unsaturated/α-hetero) is 1. The molecule has 5 rings (SSSR count). The molecule has 2 aliphatic carbocycles. The first-order chi connectivity index (χ1) is 22.1. The molecule has 1 N–H and O–H groups in total. The third-order valence-corrected chi connectivity index (χ3v) is 10.4. The van der Waals surface area contributed by atoms with Crippen molar-refractivity contribution < 1.29 is 37.4 Å². The van der Waals surface area contributed by atoms with E-state index < -0.39 is 59.3 Å². The van der Waals surface area contributed by atoms with Crippen molar-refractivity contribution in [1.29, 1.82) is 0 Å². The molecule has 1 aromatic heterocycles. The van der Waals surface area contributed by atoms with Crippen molar-refractivity contribution in [3.8, 4) is 5.88 Å². The molecular formula is C35H48F2N4O6. The first-order valence-corrected chi connectivity index (χ1v) is 16.7. The molecule has 3 fully saturated rings. The molecule has 2 amide bonds. The molecule has 2 unspecified atom stereocenters. The molecule has 2 bridgehead atoms. The first kappa shape index (κ1) is 34.8. The van der Waals surface area contributed by atoms with Crippen molar-refractivity contribution in [2.75, 3.05) is 13.7 Å². The minimum absolute atomic E-state index is 0.0150. The number of alkyl halides is 2. The van der Waals surface area contributed by atoms with Gasteiger partial charge in [0.05, 0.1) is 37.0 Å². The van der Waals surface area contributed by atoms with E-state index in [0.717, 1.165) is 12.8 Å².